The molecule has 0 fully saturated rings. The Hall–Kier alpha value is -1.00. The van der Waals surface area contributed by atoms with Gasteiger partial charge in [-0.2, -0.15) is 0 Å². The van der Waals surface area contributed by atoms with Crippen LogP contribution in [0, 0.1) is 11.7 Å². The normalized spacial score (nSPS) is 14.9. The van der Waals surface area contributed by atoms with E-state index in [1.807, 2.05) is 0 Å². The molecule has 1 rings (SSSR count). The summed E-state index contributed by atoms with van der Waals surface area (Å²) in [5, 5.41) is 0. The second kappa shape index (κ2) is 5.78. The molecule has 0 amide bonds. The lowest BCUT2D eigenvalue weighted by molar-refractivity contribution is 0.357. The van der Waals surface area contributed by atoms with E-state index >= 15 is 0 Å². The molecule has 0 aliphatic heterocycles. The Morgan fingerprint density at radius 2 is 2.33 bits per heavy atom. The number of hydrogen-bond donors (Lipinski definition) is 2. The molecule has 0 spiro atoms. The Morgan fingerprint density at radius 3 is 2.87 bits per heavy atom. The Kier molecular flexibility index (Phi) is 4.65. The third-order valence-electron chi connectivity index (χ3n) is 2.63. The van der Waals surface area contributed by atoms with Crippen molar-refractivity contribution in [2.75, 3.05) is 0 Å². The van der Waals surface area contributed by atoms with Crippen molar-refractivity contribution in [3.8, 4) is 0 Å². The van der Waals surface area contributed by atoms with Crippen molar-refractivity contribution in [2.45, 2.75) is 32.7 Å². The van der Waals surface area contributed by atoms with Gasteiger partial charge in [0.25, 0.3) is 0 Å². The summed E-state index contributed by atoms with van der Waals surface area (Å²) >= 11 is 0. The summed E-state index contributed by atoms with van der Waals surface area (Å²) in [6.45, 7) is 4.17. The minimum atomic E-state index is -0.302. The smallest absolute Gasteiger partial charge is 0.146 e. The Bertz CT molecular complexity index is 304. The SMILES string of the molecule is CCCC(C)C(NN)c1ccncc1F. The van der Waals surface area contributed by atoms with E-state index < -0.39 is 0 Å². The van der Waals surface area contributed by atoms with Gasteiger partial charge in [-0.3, -0.25) is 16.3 Å². The molecule has 84 valence electrons. The van der Waals surface area contributed by atoms with Crippen LogP contribution in [0.25, 0.3) is 0 Å². The fourth-order valence-corrected chi connectivity index (χ4v) is 1.82. The third kappa shape index (κ3) is 2.97. The molecule has 2 atom stereocenters. The summed E-state index contributed by atoms with van der Waals surface area (Å²) in [5.41, 5.74) is 3.27. The van der Waals surface area contributed by atoms with E-state index in [0.717, 1.165) is 12.8 Å². The first-order valence-electron chi connectivity index (χ1n) is 5.26. The van der Waals surface area contributed by atoms with Gasteiger partial charge in [-0.1, -0.05) is 20.3 Å². The predicted octanol–water partition coefficient (Wildman–Crippen LogP) is 2.16. The topological polar surface area (TPSA) is 50.9 Å². The fraction of sp³-hybridized carbons (Fsp3) is 0.545. The lowest BCUT2D eigenvalue weighted by Gasteiger charge is -2.23. The van der Waals surface area contributed by atoms with Gasteiger partial charge in [0.15, 0.2) is 0 Å². The number of halogens is 1. The molecular formula is C11H18FN3. The highest BCUT2D eigenvalue weighted by atomic mass is 19.1. The minimum Gasteiger partial charge on any atom is -0.271 e. The van der Waals surface area contributed by atoms with E-state index in [0.29, 0.717) is 11.5 Å². The van der Waals surface area contributed by atoms with Crippen LogP contribution in [0.15, 0.2) is 18.5 Å². The summed E-state index contributed by atoms with van der Waals surface area (Å²) in [7, 11) is 0. The monoisotopic (exact) mass is 211 g/mol. The first-order valence-corrected chi connectivity index (χ1v) is 5.26. The molecule has 1 heterocycles. The van der Waals surface area contributed by atoms with Crippen molar-refractivity contribution in [3.05, 3.63) is 29.8 Å². The van der Waals surface area contributed by atoms with E-state index in [1.165, 1.54) is 6.20 Å². The molecule has 3 N–H and O–H groups in total. The van der Waals surface area contributed by atoms with Gasteiger partial charge in [0.05, 0.1) is 12.2 Å². The number of hydrogen-bond acceptors (Lipinski definition) is 3. The lowest BCUT2D eigenvalue weighted by Crippen LogP contribution is -2.33. The fourth-order valence-electron chi connectivity index (χ4n) is 1.82. The molecule has 2 unspecified atom stereocenters. The number of pyridine rings is 1. The molecule has 0 radical (unpaired) electrons. The highest BCUT2D eigenvalue weighted by Gasteiger charge is 2.20. The van der Waals surface area contributed by atoms with Crippen LogP contribution in [-0.4, -0.2) is 4.98 Å². The number of hydrazine groups is 1. The Labute approximate surface area is 89.9 Å². The molecule has 1 aromatic heterocycles. The van der Waals surface area contributed by atoms with E-state index in [4.69, 9.17) is 5.84 Å². The number of nitrogens with one attached hydrogen (secondary N) is 1. The lowest BCUT2D eigenvalue weighted by atomic mass is 9.92. The summed E-state index contributed by atoms with van der Waals surface area (Å²) in [5.74, 6) is 5.47. The van der Waals surface area contributed by atoms with Gasteiger partial charge >= 0.3 is 0 Å². The quantitative estimate of drug-likeness (QED) is 0.579. The van der Waals surface area contributed by atoms with Gasteiger partial charge in [0, 0.05) is 11.8 Å². The highest BCUT2D eigenvalue weighted by molar-refractivity contribution is 5.17. The maximum Gasteiger partial charge on any atom is 0.146 e. The second-order valence-electron chi connectivity index (χ2n) is 3.81. The van der Waals surface area contributed by atoms with Crippen LogP contribution < -0.4 is 11.3 Å². The van der Waals surface area contributed by atoms with E-state index in [9.17, 15) is 4.39 Å². The molecule has 15 heavy (non-hydrogen) atoms. The summed E-state index contributed by atoms with van der Waals surface area (Å²) in [4.78, 5) is 3.72. The second-order valence-corrected chi connectivity index (χ2v) is 3.81. The summed E-state index contributed by atoms with van der Waals surface area (Å²) < 4.78 is 13.5. The highest BCUT2D eigenvalue weighted by Crippen LogP contribution is 2.25. The molecule has 0 aromatic carbocycles. The average Bonchev–Trinajstić information content (AvgIpc) is 2.22. The number of nitrogens with zero attached hydrogens (tertiary/aromatic N) is 1. The maximum absolute atomic E-state index is 13.5. The van der Waals surface area contributed by atoms with Crippen molar-refractivity contribution >= 4 is 0 Å². The minimum absolute atomic E-state index is 0.145. The summed E-state index contributed by atoms with van der Waals surface area (Å²) in [6.07, 6.45) is 4.88. The largest absolute Gasteiger partial charge is 0.271 e. The van der Waals surface area contributed by atoms with Crippen LogP contribution in [-0.2, 0) is 0 Å². The number of nitrogens with two attached hydrogens (primary N) is 1. The zero-order chi connectivity index (χ0) is 11.3. The first-order chi connectivity index (χ1) is 7.20. The molecule has 0 aliphatic carbocycles. The van der Waals surface area contributed by atoms with Gasteiger partial charge in [0.1, 0.15) is 5.82 Å². The van der Waals surface area contributed by atoms with Gasteiger partial charge in [-0.25, -0.2) is 4.39 Å². The first kappa shape index (κ1) is 12.1. The molecule has 0 aliphatic rings. The van der Waals surface area contributed by atoms with Gasteiger partial charge in [0.2, 0.25) is 0 Å². The van der Waals surface area contributed by atoms with Crippen molar-refractivity contribution in [2.24, 2.45) is 11.8 Å². The van der Waals surface area contributed by atoms with Crippen molar-refractivity contribution < 1.29 is 4.39 Å². The molecule has 4 heteroatoms. The van der Waals surface area contributed by atoms with Crippen LogP contribution in [0.2, 0.25) is 0 Å². The third-order valence-corrected chi connectivity index (χ3v) is 2.63. The van der Waals surface area contributed by atoms with Gasteiger partial charge < -0.3 is 0 Å². The Balaban J connectivity index is 2.87. The van der Waals surface area contributed by atoms with Crippen molar-refractivity contribution in [1.29, 1.82) is 0 Å². The zero-order valence-electron chi connectivity index (χ0n) is 9.20. The van der Waals surface area contributed by atoms with Crippen molar-refractivity contribution in [1.82, 2.24) is 10.4 Å². The average molecular weight is 211 g/mol. The van der Waals surface area contributed by atoms with E-state index in [1.54, 1.807) is 12.3 Å². The van der Waals surface area contributed by atoms with Gasteiger partial charge in [-0.15, -0.1) is 0 Å². The van der Waals surface area contributed by atoms with Crippen LogP contribution in [0.1, 0.15) is 38.3 Å². The standard InChI is InChI=1S/C11H18FN3/c1-3-4-8(2)11(15-13)9-5-6-14-7-10(9)12/h5-8,11,15H,3-4,13H2,1-2H3. The van der Waals surface area contributed by atoms with Crippen molar-refractivity contribution in [3.63, 3.8) is 0 Å². The molecule has 0 saturated carbocycles. The molecule has 1 aromatic rings. The summed E-state index contributed by atoms with van der Waals surface area (Å²) in [6, 6.07) is 1.53. The van der Waals surface area contributed by atoms with Crippen LogP contribution in [0.3, 0.4) is 0 Å². The predicted molar refractivity (Wildman–Crippen MR) is 58.3 cm³/mol. The van der Waals surface area contributed by atoms with Gasteiger partial charge in [-0.05, 0) is 18.4 Å². The van der Waals surface area contributed by atoms with Crippen LogP contribution in [0.4, 0.5) is 4.39 Å². The number of rotatable bonds is 5. The number of aromatic nitrogens is 1. The Morgan fingerprint density at radius 1 is 1.60 bits per heavy atom. The molecule has 0 bridgehead atoms. The molecule has 0 saturated heterocycles. The van der Waals surface area contributed by atoms with Crippen LogP contribution in [0.5, 0.6) is 0 Å². The zero-order valence-corrected chi connectivity index (χ0v) is 9.20. The van der Waals surface area contributed by atoms with E-state index in [-0.39, 0.29) is 11.9 Å². The van der Waals surface area contributed by atoms with E-state index in [2.05, 4.69) is 24.3 Å². The molecule has 3 nitrogen and oxygen atoms in total. The van der Waals surface area contributed by atoms with Crippen LogP contribution >= 0.6 is 0 Å². The maximum atomic E-state index is 13.5. The molecular weight excluding hydrogens is 193 g/mol.